The summed E-state index contributed by atoms with van der Waals surface area (Å²) < 4.78 is 0. The molecule has 12 bridgehead atoms. The van der Waals surface area contributed by atoms with Gasteiger partial charge in [0.05, 0.1) is 0 Å². The van der Waals surface area contributed by atoms with Gasteiger partial charge in [0.1, 0.15) is 0 Å². The van der Waals surface area contributed by atoms with Gasteiger partial charge in [-0.15, -0.1) is 69.1 Å². The number of hydrogen-bond acceptors (Lipinski definition) is 0. The van der Waals surface area contributed by atoms with Gasteiger partial charge in [-0.1, -0.05) is 84.9 Å². The van der Waals surface area contributed by atoms with E-state index in [1.807, 2.05) is 0 Å². The summed E-state index contributed by atoms with van der Waals surface area (Å²) in [6.07, 6.45) is 35.4. The van der Waals surface area contributed by atoms with Gasteiger partial charge in [0.2, 0.25) is 0 Å². The second-order valence-electron chi connectivity index (χ2n) is 27.1. The van der Waals surface area contributed by atoms with Crippen LogP contribution in [-0.4, -0.2) is 9.52 Å². The number of fused-ring (bicyclic) bond motifs is 6. The van der Waals surface area contributed by atoms with Gasteiger partial charge in [-0.25, -0.2) is 0 Å². The van der Waals surface area contributed by atoms with Gasteiger partial charge in [0.25, 0.3) is 0 Å². The molecule has 6 aromatic carbocycles. The molecule has 0 aliphatic heterocycles. The molecule has 0 nitrogen and oxygen atoms in total. The van der Waals surface area contributed by atoms with Gasteiger partial charge in [-0.2, -0.15) is 12.1 Å². The topological polar surface area (TPSA) is 0 Å². The predicted octanol–water partition coefficient (Wildman–Crippen LogP) is 19.8. The van der Waals surface area contributed by atoms with E-state index in [1.165, 1.54) is 198 Å². The molecule has 0 atom stereocenters. The molecule has 0 aromatic heterocycles. The maximum absolute atomic E-state index is 4.93. The minimum Gasteiger partial charge on any atom is -0.164 e. The van der Waals surface area contributed by atoms with Crippen molar-refractivity contribution in [2.24, 2.45) is 58.2 Å². The summed E-state index contributed by atoms with van der Waals surface area (Å²) in [6.45, 7) is 4.31. The second-order valence-corrected chi connectivity index (χ2v) is 31.8. The summed E-state index contributed by atoms with van der Waals surface area (Å²) in [7, 11) is 11.0. The SMILES string of the molecule is C[Si]C.[Cl][Zr+2][Cl].c1cc(-c2ccc(C34CC5CC(CC(C5)C3)C4)cc2)c2cc(CC34CCC(CC3)C4)[cH-]c2c1.c1cc(-c2ccc(C34CC5CC(CC(C5)C3)C4)cc2)c2cc(CC34CCC(CC3)C4)[cH-]c2c1. The number of rotatable bonds is 8. The van der Waals surface area contributed by atoms with Crippen molar-refractivity contribution in [2.45, 2.75) is 178 Å². The molecule has 0 saturated heterocycles. The Labute approximate surface area is 455 Å². The smallest absolute Gasteiger partial charge is 0.00391 e. The minimum atomic E-state index is -0.826. The van der Waals surface area contributed by atoms with Crippen LogP contribution in [0.4, 0.5) is 0 Å². The third-order valence-electron chi connectivity index (χ3n) is 22.2. The first-order valence-corrected chi connectivity index (χ1v) is 37.6. The summed E-state index contributed by atoms with van der Waals surface area (Å²) in [5.74, 6) is 8.17. The number of benzene rings is 4. The molecule has 0 spiro atoms. The van der Waals surface area contributed by atoms with Crippen LogP contribution < -0.4 is 0 Å². The Kier molecular flexibility index (Phi) is 13.7. The van der Waals surface area contributed by atoms with Gasteiger partial charge in [0.15, 0.2) is 0 Å². The molecule has 0 N–H and O–H groups in total. The maximum atomic E-state index is 4.93. The summed E-state index contributed by atoms with van der Waals surface area (Å²) in [5.41, 5.74) is 14.4. The van der Waals surface area contributed by atoms with Crippen molar-refractivity contribution in [3.8, 4) is 22.3 Å². The molecule has 4 heteroatoms. The molecule has 6 aromatic rings. The van der Waals surface area contributed by atoms with Crippen LogP contribution in [0, 0.1) is 58.2 Å². The predicted molar refractivity (Wildman–Crippen MR) is 304 cm³/mol. The molecule has 12 fully saturated rings. The van der Waals surface area contributed by atoms with Crippen molar-refractivity contribution >= 4 is 48.1 Å². The van der Waals surface area contributed by atoms with Crippen molar-refractivity contribution in [1.29, 1.82) is 0 Å². The van der Waals surface area contributed by atoms with E-state index in [-0.39, 0.29) is 0 Å². The van der Waals surface area contributed by atoms with Crippen LogP contribution in [0.2, 0.25) is 13.1 Å². The molecule has 12 saturated carbocycles. The third-order valence-corrected chi connectivity index (χ3v) is 22.2. The van der Waals surface area contributed by atoms with E-state index >= 15 is 0 Å². The maximum Gasteiger partial charge on any atom is -0.00391 e. The standard InChI is InChI=1S/2C33H37.C2H6Si.2ClH.Zr/c2*1-2-28-15-26(18-32-10-8-22(17-32)9-11-32)16-31(28)30(3-1)27-4-6-29(7-5-27)33-19-23-12-24(20-33)14-25(13-23)21-33;1-3-2;;;/h2*1-7,15-16,22-25H,8-14,17-21H2;1-2H3;2*1H;/q2*-1;;;;+4/p-2. The quantitative estimate of drug-likeness (QED) is 0.105. The average molecular weight is 1090 g/mol. The van der Waals surface area contributed by atoms with Crippen LogP contribution in [0.3, 0.4) is 0 Å². The fourth-order valence-electron chi connectivity index (χ4n) is 20.2. The van der Waals surface area contributed by atoms with E-state index in [0.29, 0.717) is 21.7 Å². The van der Waals surface area contributed by atoms with Crippen LogP contribution >= 0.6 is 17.0 Å². The summed E-state index contributed by atoms with van der Waals surface area (Å²) >= 11 is -0.826. The summed E-state index contributed by atoms with van der Waals surface area (Å²) in [5, 5.41) is 5.83. The summed E-state index contributed by atoms with van der Waals surface area (Å²) in [6, 6.07) is 43.9. The molecule has 374 valence electrons. The van der Waals surface area contributed by atoms with Gasteiger partial charge in [0, 0.05) is 9.52 Å². The Bertz CT molecular complexity index is 2580. The Morgan fingerprint density at radius 3 is 1.07 bits per heavy atom. The third kappa shape index (κ3) is 9.35. The second kappa shape index (κ2) is 20.0. The first kappa shape index (κ1) is 49.4. The van der Waals surface area contributed by atoms with E-state index in [4.69, 9.17) is 17.0 Å². The van der Waals surface area contributed by atoms with Gasteiger partial charge < -0.3 is 0 Å². The zero-order valence-corrected chi connectivity index (χ0v) is 48.7. The van der Waals surface area contributed by atoms with Crippen molar-refractivity contribution in [3.63, 3.8) is 0 Å². The normalized spacial score (nSPS) is 35.7. The number of hydrogen-bond donors (Lipinski definition) is 0. The molecule has 72 heavy (non-hydrogen) atoms. The monoisotopic (exact) mass is 1080 g/mol. The van der Waals surface area contributed by atoms with Gasteiger partial charge in [-0.3, -0.25) is 0 Å². The molecule has 0 unspecified atom stereocenters. The van der Waals surface area contributed by atoms with Crippen molar-refractivity contribution in [1.82, 2.24) is 0 Å². The van der Waals surface area contributed by atoms with Crippen LogP contribution in [0.15, 0.2) is 109 Å². The molecular formula is C68H80Cl2SiZr. The van der Waals surface area contributed by atoms with Gasteiger partial charge in [-0.05, 0) is 245 Å². The minimum absolute atomic E-state index is 0.506. The number of halogens is 2. The Balaban J connectivity index is 0.000000127. The van der Waals surface area contributed by atoms with Gasteiger partial charge >= 0.3 is 37.9 Å². The molecule has 0 amide bonds. The fraction of sp³-hybridized carbons (Fsp3) is 0.559. The largest absolute Gasteiger partial charge is 0.164 e. The summed E-state index contributed by atoms with van der Waals surface area (Å²) in [4.78, 5) is 0. The molecule has 0 heterocycles. The Hall–Kier alpha value is -2.22. The molecular weight excluding hydrogens is 1010 g/mol. The van der Waals surface area contributed by atoms with Crippen LogP contribution in [0.1, 0.15) is 164 Å². The van der Waals surface area contributed by atoms with Crippen LogP contribution in [0.5, 0.6) is 0 Å². The van der Waals surface area contributed by atoms with Crippen molar-refractivity contribution in [3.05, 3.63) is 131 Å². The van der Waals surface area contributed by atoms with E-state index in [1.54, 1.807) is 22.3 Å². The first-order chi connectivity index (χ1) is 35.1. The van der Waals surface area contributed by atoms with Crippen LogP contribution in [-0.2, 0) is 44.5 Å². The van der Waals surface area contributed by atoms with Crippen LogP contribution in [0.25, 0.3) is 43.8 Å². The zero-order chi connectivity index (χ0) is 48.7. The first-order valence-electron chi connectivity index (χ1n) is 29.3. The Morgan fingerprint density at radius 2 is 0.778 bits per heavy atom. The zero-order valence-electron chi connectivity index (χ0n) is 43.7. The van der Waals surface area contributed by atoms with E-state index < -0.39 is 20.8 Å². The molecule has 12 aliphatic carbocycles. The molecule has 12 aliphatic rings. The van der Waals surface area contributed by atoms with Crippen molar-refractivity contribution in [2.75, 3.05) is 0 Å². The molecule has 2 radical (unpaired) electrons. The molecule has 18 rings (SSSR count). The average Bonchev–Trinajstić information content (AvgIpc) is 4.26. The fourth-order valence-corrected chi connectivity index (χ4v) is 20.2. The Morgan fingerprint density at radius 1 is 0.458 bits per heavy atom. The van der Waals surface area contributed by atoms with E-state index in [2.05, 4.69) is 122 Å². The van der Waals surface area contributed by atoms with E-state index in [9.17, 15) is 0 Å². The van der Waals surface area contributed by atoms with Crippen molar-refractivity contribution < 1.29 is 20.8 Å². The van der Waals surface area contributed by atoms with E-state index in [0.717, 1.165) is 56.9 Å².